The Morgan fingerprint density at radius 3 is 2.42 bits per heavy atom. The maximum atomic E-state index is 12.3. The normalized spacial score (nSPS) is 12.3. The summed E-state index contributed by atoms with van der Waals surface area (Å²) < 4.78 is 12.3. The maximum absolute atomic E-state index is 12.3. The van der Waals surface area contributed by atoms with E-state index in [4.69, 9.17) is 5.11 Å². The number of carboxylic acids is 1. The Hall–Kier alpha value is -0.350. The zero-order chi connectivity index (χ0) is 8.85. The van der Waals surface area contributed by atoms with Crippen LogP contribution in [0, 0.1) is 0 Å². The molecule has 2 N–H and O–H groups in total. The fraction of sp³-hybridized carbons (Fsp3) is 0.857. The van der Waals surface area contributed by atoms with Gasteiger partial charge in [0.2, 0.25) is 0 Å². The fourth-order valence-electron chi connectivity index (χ4n) is 0.622. The van der Waals surface area contributed by atoms with Crippen LogP contribution in [0.3, 0.4) is 0 Å². The molecule has 0 aliphatic rings. The maximum Gasteiger partial charge on any atom is 0.338 e. The van der Waals surface area contributed by atoms with Crippen molar-refractivity contribution in [1.82, 2.24) is 5.32 Å². The van der Waals surface area contributed by atoms with E-state index in [0.717, 1.165) is 0 Å². The molecular weight excluding hydrogens is 185 g/mol. The summed E-state index contributed by atoms with van der Waals surface area (Å²) in [6.07, 6.45) is -1.70. The number of carbonyl (C=O) groups is 1. The standard InChI is InChI=1S/C7H14FNO2.ClH/c1-5(2)9-4-3-6(8)7(10)11;/h5-6,9H,3-4H2,1-2H3,(H,10,11);1H. The fourth-order valence-corrected chi connectivity index (χ4v) is 0.622. The van der Waals surface area contributed by atoms with E-state index in [1.54, 1.807) is 0 Å². The van der Waals surface area contributed by atoms with Gasteiger partial charge < -0.3 is 10.4 Å². The predicted octanol–water partition coefficient (Wildman–Crippen LogP) is 1.22. The van der Waals surface area contributed by atoms with Crippen molar-refractivity contribution in [2.75, 3.05) is 6.54 Å². The van der Waals surface area contributed by atoms with Gasteiger partial charge in [0, 0.05) is 12.5 Å². The Bertz CT molecular complexity index is 133. The van der Waals surface area contributed by atoms with Crippen molar-refractivity contribution in [2.24, 2.45) is 0 Å². The number of rotatable bonds is 5. The first-order valence-corrected chi connectivity index (χ1v) is 3.64. The number of hydrogen-bond acceptors (Lipinski definition) is 2. The summed E-state index contributed by atoms with van der Waals surface area (Å²) in [7, 11) is 0. The van der Waals surface area contributed by atoms with Crippen molar-refractivity contribution in [2.45, 2.75) is 32.5 Å². The first kappa shape index (κ1) is 14.2. The third kappa shape index (κ3) is 7.75. The number of aliphatic carboxylic acids is 1. The third-order valence-corrected chi connectivity index (χ3v) is 1.22. The highest BCUT2D eigenvalue weighted by molar-refractivity contribution is 5.85. The average Bonchev–Trinajstić information content (AvgIpc) is 1.86. The van der Waals surface area contributed by atoms with Gasteiger partial charge in [-0.1, -0.05) is 13.8 Å². The summed E-state index contributed by atoms with van der Waals surface area (Å²) in [4.78, 5) is 9.97. The van der Waals surface area contributed by atoms with Gasteiger partial charge in [-0.25, -0.2) is 9.18 Å². The average molecular weight is 200 g/mol. The van der Waals surface area contributed by atoms with Gasteiger partial charge in [-0.15, -0.1) is 12.4 Å². The van der Waals surface area contributed by atoms with Crippen LogP contribution in [0.25, 0.3) is 0 Å². The molecule has 1 atom stereocenters. The SMILES string of the molecule is CC(C)NCCC(F)C(=O)O.Cl. The zero-order valence-corrected chi connectivity index (χ0v) is 8.03. The third-order valence-electron chi connectivity index (χ3n) is 1.22. The summed E-state index contributed by atoms with van der Waals surface area (Å²) in [5.41, 5.74) is 0. The lowest BCUT2D eigenvalue weighted by atomic mass is 10.2. The van der Waals surface area contributed by atoms with E-state index in [-0.39, 0.29) is 24.9 Å². The second kappa shape index (κ2) is 7.31. The highest BCUT2D eigenvalue weighted by Gasteiger charge is 2.14. The second-order valence-electron chi connectivity index (χ2n) is 2.70. The van der Waals surface area contributed by atoms with Crippen molar-refractivity contribution < 1.29 is 14.3 Å². The Balaban J connectivity index is 0. The molecular formula is C7H15ClFNO2. The Kier molecular flexibility index (Phi) is 8.64. The molecule has 1 unspecified atom stereocenters. The van der Waals surface area contributed by atoms with Gasteiger partial charge >= 0.3 is 5.97 Å². The van der Waals surface area contributed by atoms with Gasteiger partial charge in [-0.2, -0.15) is 0 Å². The van der Waals surface area contributed by atoms with E-state index in [1.807, 2.05) is 13.8 Å². The highest BCUT2D eigenvalue weighted by atomic mass is 35.5. The molecule has 0 bridgehead atoms. The largest absolute Gasteiger partial charge is 0.479 e. The molecule has 0 aromatic rings. The smallest absolute Gasteiger partial charge is 0.338 e. The number of hydrogen-bond donors (Lipinski definition) is 2. The highest BCUT2D eigenvalue weighted by Crippen LogP contribution is 1.96. The molecule has 3 nitrogen and oxygen atoms in total. The molecule has 0 saturated carbocycles. The molecule has 0 aliphatic carbocycles. The second-order valence-corrected chi connectivity index (χ2v) is 2.70. The van der Waals surface area contributed by atoms with Crippen LogP contribution in [-0.4, -0.2) is 29.8 Å². The topological polar surface area (TPSA) is 49.3 Å². The summed E-state index contributed by atoms with van der Waals surface area (Å²) >= 11 is 0. The monoisotopic (exact) mass is 199 g/mol. The molecule has 0 aliphatic heterocycles. The first-order valence-electron chi connectivity index (χ1n) is 3.64. The minimum Gasteiger partial charge on any atom is -0.479 e. The first-order chi connectivity index (χ1) is 5.04. The molecule has 0 spiro atoms. The Morgan fingerprint density at radius 2 is 2.08 bits per heavy atom. The van der Waals surface area contributed by atoms with Crippen molar-refractivity contribution in [3.05, 3.63) is 0 Å². The molecule has 0 aromatic carbocycles. The summed E-state index contributed by atoms with van der Waals surface area (Å²) in [5, 5.41) is 11.1. The van der Waals surface area contributed by atoms with Crippen molar-refractivity contribution in [1.29, 1.82) is 0 Å². The van der Waals surface area contributed by atoms with Gasteiger partial charge in [0.1, 0.15) is 0 Å². The van der Waals surface area contributed by atoms with Crippen molar-refractivity contribution in [3.8, 4) is 0 Å². The van der Waals surface area contributed by atoms with Crippen LogP contribution in [0.15, 0.2) is 0 Å². The summed E-state index contributed by atoms with van der Waals surface area (Å²) in [5.74, 6) is -1.38. The van der Waals surface area contributed by atoms with Gasteiger partial charge in [0.25, 0.3) is 0 Å². The van der Waals surface area contributed by atoms with Crippen LogP contribution in [-0.2, 0) is 4.79 Å². The van der Waals surface area contributed by atoms with Gasteiger partial charge in [0.05, 0.1) is 0 Å². The molecule has 0 radical (unpaired) electrons. The van der Waals surface area contributed by atoms with Crippen molar-refractivity contribution in [3.63, 3.8) is 0 Å². The van der Waals surface area contributed by atoms with E-state index < -0.39 is 12.1 Å². The van der Waals surface area contributed by atoms with Gasteiger partial charge in [-0.05, 0) is 6.54 Å². The summed E-state index contributed by atoms with van der Waals surface area (Å²) in [6, 6.07) is 0.274. The van der Waals surface area contributed by atoms with Crippen LogP contribution in [0.1, 0.15) is 20.3 Å². The van der Waals surface area contributed by atoms with Gasteiger partial charge in [0.15, 0.2) is 6.17 Å². The van der Waals surface area contributed by atoms with Crippen LogP contribution in [0.2, 0.25) is 0 Å². The van der Waals surface area contributed by atoms with Crippen LogP contribution < -0.4 is 5.32 Å². The molecule has 5 heteroatoms. The Morgan fingerprint density at radius 1 is 1.58 bits per heavy atom. The lowest BCUT2D eigenvalue weighted by molar-refractivity contribution is -0.142. The van der Waals surface area contributed by atoms with Gasteiger partial charge in [-0.3, -0.25) is 0 Å². The number of halogens is 2. The van der Waals surface area contributed by atoms with E-state index in [0.29, 0.717) is 6.54 Å². The van der Waals surface area contributed by atoms with E-state index >= 15 is 0 Å². The Labute approximate surface area is 77.8 Å². The zero-order valence-electron chi connectivity index (χ0n) is 7.21. The molecule has 0 fully saturated rings. The van der Waals surface area contributed by atoms with E-state index in [9.17, 15) is 9.18 Å². The molecule has 0 aromatic heterocycles. The molecule has 74 valence electrons. The number of nitrogens with one attached hydrogen (secondary N) is 1. The molecule has 0 rings (SSSR count). The van der Waals surface area contributed by atoms with Crippen molar-refractivity contribution >= 4 is 18.4 Å². The molecule has 0 saturated heterocycles. The lowest BCUT2D eigenvalue weighted by Gasteiger charge is -2.07. The summed E-state index contributed by atoms with van der Waals surface area (Å²) in [6.45, 7) is 4.26. The van der Waals surface area contributed by atoms with Crippen LogP contribution in [0.4, 0.5) is 4.39 Å². The van der Waals surface area contributed by atoms with Crippen LogP contribution >= 0.6 is 12.4 Å². The lowest BCUT2D eigenvalue weighted by Crippen LogP contribution is -2.27. The minimum absolute atomic E-state index is 0. The van der Waals surface area contributed by atoms with E-state index in [1.165, 1.54) is 0 Å². The van der Waals surface area contributed by atoms with E-state index in [2.05, 4.69) is 5.32 Å². The number of carboxylic acid groups (broad SMARTS) is 1. The predicted molar refractivity (Wildman–Crippen MR) is 47.5 cm³/mol. The number of alkyl halides is 1. The molecule has 0 heterocycles. The minimum atomic E-state index is -1.73. The molecule has 0 amide bonds. The molecule has 12 heavy (non-hydrogen) atoms. The van der Waals surface area contributed by atoms with Crippen LogP contribution in [0.5, 0.6) is 0 Å². The quantitative estimate of drug-likeness (QED) is 0.700.